The predicted molar refractivity (Wildman–Crippen MR) is 116 cm³/mol. The Morgan fingerprint density at radius 3 is 2.06 bits per heavy atom. The van der Waals surface area contributed by atoms with Gasteiger partial charge < -0.3 is 19.5 Å². The van der Waals surface area contributed by atoms with E-state index in [1.165, 1.54) is 0 Å². The summed E-state index contributed by atoms with van der Waals surface area (Å²) in [5, 5.41) is 3.16. The molecule has 1 saturated heterocycles. The van der Waals surface area contributed by atoms with Gasteiger partial charge >= 0.3 is 5.97 Å². The molecule has 0 saturated carbocycles. The van der Waals surface area contributed by atoms with Gasteiger partial charge in [-0.1, -0.05) is 6.92 Å². The lowest BCUT2D eigenvalue weighted by atomic mass is 9.87. The molecule has 3 heterocycles. The standard InChI is InChI=1S/C25H25NO6/c1-3-19(27)14-6-16-10-31-22-9-15(7-17-11-30-21(8-14)23(16)24(17)22)20(28)12-32-25(29)18-5-4-13(2)26-18/h6-9,13,18,26H,3-5,10-12H2,1-2H3/t13-,18-/m0/s1. The van der Waals surface area contributed by atoms with Crippen LogP contribution in [0.15, 0.2) is 24.3 Å². The summed E-state index contributed by atoms with van der Waals surface area (Å²) in [5.41, 5.74) is 4.61. The summed E-state index contributed by atoms with van der Waals surface area (Å²) in [6, 6.07) is 7.06. The van der Waals surface area contributed by atoms with Crippen molar-refractivity contribution in [2.75, 3.05) is 6.61 Å². The number of esters is 1. The van der Waals surface area contributed by atoms with Gasteiger partial charge in [-0.25, -0.2) is 0 Å². The van der Waals surface area contributed by atoms with Gasteiger partial charge in [-0.05, 0) is 44.0 Å². The normalized spacial score (nSPS) is 20.1. The molecule has 1 fully saturated rings. The molecule has 0 aromatic heterocycles. The molecule has 0 spiro atoms. The lowest BCUT2D eigenvalue weighted by molar-refractivity contribution is -0.144. The van der Waals surface area contributed by atoms with Gasteiger partial charge in [0, 0.05) is 45.8 Å². The maximum absolute atomic E-state index is 12.8. The van der Waals surface area contributed by atoms with E-state index < -0.39 is 5.97 Å². The molecular formula is C25H25NO6. The van der Waals surface area contributed by atoms with Crippen LogP contribution in [0.25, 0.3) is 11.1 Å². The van der Waals surface area contributed by atoms with Gasteiger partial charge in [0.15, 0.2) is 18.2 Å². The average molecular weight is 435 g/mol. The van der Waals surface area contributed by atoms with Gasteiger partial charge in [0.25, 0.3) is 0 Å². The number of hydrogen-bond donors (Lipinski definition) is 1. The van der Waals surface area contributed by atoms with E-state index in [-0.39, 0.29) is 36.9 Å². The maximum Gasteiger partial charge on any atom is 0.323 e. The van der Waals surface area contributed by atoms with Crippen LogP contribution >= 0.6 is 0 Å². The molecule has 32 heavy (non-hydrogen) atoms. The molecule has 5 rings (SSSR count). The van der Waals surface area contributed by atoms with Crippen molar-refractivity contribution >= 4 is 17.5 Å². The van der Waals surface area contributed by atoms with E-state index in [4.69, 9.17) is 14.2 Å². The summed E-state index contributed by atoms with van der Waals surface area (Å²) < 4.78 is 17.2. The number of nitrogens with one attached hydrogen (secondary N) is 1. The molecule has 0 bridgehead atoms. The molecule has 0 unspecified atom stereocenters. The second-order valence-electron chi connectivity index (χ2n) is 8.60. The first-order valence-electron chi connectivity index (χ1n) is 11.0. The molecular weight excluding hydrogens is 410 g/mol. The Labute approximate surface area is 186 Å². The third-order valence-corrected chi connectivity index (χ3v) is 6.35. The summed E-state index contributed by atoms with van der Waals surface area (Å²) in [6.45, 7) is 4.10. The number of ether oxygens (including phenoxy) is 3. The second kappa shape index (κ2) is 8.06. The number of benzene rings is 2. The van der Waals surface area contributed by atoms with Crippen LogP contribution in [0.1, 0.15) is 65.0 Å². The van der Waals surface area contributed by atoms with E-state index in [1.807, 2.05) is 19.9 Å². The number of Topliss-reactive ketones (excluding diaryl/α,β-unsaturated/α-hetero) is 2. The highest BCUT2D eigenvalue weighted by Gasteiger charge is 2.31. The monoisotopic (exact) mass is 435 g/mol. The zero-order chi connectivity index (χ0) is 22.4. The molecule has 0 aliphatic carbocycles. The van der Waals surface area contributed by atoms with Gasteiger partial charge in [-0.15, -0.1) is 0 Å². The highest BCUT2D eigenvalue weighted by atomic mass is 16.5. The Hall–Kier alpha value is -3.19. The van der Waals surface area contributed by atoms with Crippen molar-refractivity contribution in [1.82, 2.24) is 5.32 Å². The molecule has 7 heteroatoms. The van der Waals surface area contributed by atoms with Crippen LogP contribution in [0.4, 0.5) is 0 Å². The lowest BCUT2D eigenvalue weighted by Crippen LogP contribution is -2.36. The summed E-state index contributed by atoms with van der Waals surface area (Å²) in [4.78, 5) is 37.2. The zero-order valence-corrected chi connectivity index (χ0v) is 18.2. The van der Waals surface area contributed by atoms with Gasteiger partial charge in [0.1, 0.15) is 30.8 Å². The molecule has 2 atom stereocenters. The van der Waals surface area contributed by atoms with Gasteiger partial charge in [0.05, 0.1) is 0 Å². The van der Waals surface area contributed by atoms with Crippen molar-refractivity contribution in [3.05, 3.63) is 46.5 Å². The predicted octanol–water partition coefficient (Wildman–Crippen LogP) is 3.60. The molecule has 1 N–H and O–H groups in total. The summed E-state index contributed by atoms with van der Waals surface area (Å²) >= 11 is 0. The van der Waals surface area contributed by atoms with Gasteiger partial charge in [-0.2, -0.15) is 0 Å². The first-order chi connectivity index (χ1) is 15.4. The fraction of sp³-hybridized carbons (Fsp3) is 0.400. The average Bonchev–Trinajstić information content (AvgIpc) is 3.25. The van der Waals surface area contributed by atoms with Crippen molar-refractivity contribution in [1.29, 1.82) is 0 Å². The van der Waals surface area contributed by atoms with Crippen molar-refractivity contribution in [2.24, 2.45) is 0 Å². The summed E-state index contributed by atoms with van der Waals surface area (Å²) in [7, 11) is 0. The highest BCUT2D eigenvalue weighted by molar-refractivity contribution is 6.01. The van der Waals surface area contributed by atoms with E-state index in [0.717, 1.165) is 35.1 Å². The summed E-state index contributed by atoms with van der Waals surface area (Å²) in [5.74, 6) is 0.657. The first kappa shape index (κ1) is 20.7. The SMILES string of the molecule is CCC(=O)c1cc2c3c(c1)OCc1cc(C(=O)COC(=O)[C@@H]4CC[C@H](C)N4)cc(c1-3)OC2. The Morgan fingerprint density at radius 1 is 0.938 bits per heavy atom. The Morgan fingerprint density at radius 2 is 1.53 bits per heavy atom. The molecule has 2 aromatic carbocycles. The third-order valence-electron chi connectivity index (χ3n) is 6.35. The lowest BCUT2D eigenvalue weighted by Gasteiger charge is -2.30. The van der Waals surface area contributed by atoms with E-state index in [1.54, 1.807) is 18.2 Å². The minimum absolute atomic E-state index is 0.0574. The van der Waals surface area contributed by atoms with E-state index in [9.17, 15) is 14.4 Å². The van der Waals surface area contributed by atoms with Gasteiger partial charge in [-0.3, -0.25) is 14.4 Å². The molecule has 166 valence electrons. The second-order valence-corrected chi connectivity index (χ2v) is 8.60. The largest absolute Gasteiger partial charge is 0.488 e. The Balaban J connectivity index is 1.39. The van der Waals surface area contributed by atoms with Crippen LogP contribution < -0.4 is 14.8 Å². The maximum atomic E-state index is 12.8. The van der Waals surface area contributed by atoms with Crippen LogP contribution in [0, 0.1) is 0 Å². The molecule has 3 aliphatic rings. The molecule has 7 nitrogen and oxygen atoms in total. The minimum Gasteiger partial charge on any atom is -0.488 e. The molecule has 2 aromatic rings. The number of rotatable bonds is 6. The Bertz CT molecular complexity index is 1090. The number of ketones is 2. The van der Waals surface area contributed by atoms with E-state index in [0.29, 0.717) is 35.7 Å². The number of carbonyl (C=O) groups is 3. The third kappa shape index (κ3) is 3.56. The minimum atomic E-state index is -0.391. The first-order valence-corrected chi connectivity index (χ1v) is 11.0. The topological polar surface area (TPSA) is 90.9 Å². The quantitative estimate of drug-likeness (QED) is 0.548. The van der Waals surface area contributed by atoms with Crippen molar-refractivity contribution in [3.63, 3.8) is 0 Å². The Kier molecular flexibility index (Phi) is 5.21. The van der Waals surface area contributed by atoms with E-state index in [2.05, 4.69) is 5.32 Å². The van der Waals surface area contributed by atoms with Crippen LogP contribution in [-0.2, 0) is 22.7 Å². The number of hydrogen-bond acceptors (Lipinski definition) is 7. The van der Waals surface area contributed by atoms with Crippen LogP contribution in [-0.4, -0.2) is 36.2 Å². The molecule has 3 aliphatic heterocycles. The number of carbonyl (C=O) groups excluding carboxylic acids is 3. The van der Waals surface area contributed by atoms with Gasteiger partial charge in [0.2, 0.25) is 0 Å². The van der Waals surface area contributed by atoms with Crippen LogP contribution in [0.5, 0.6) is 11.5 Å². The van der Waals surface area contributed by atoms with Crippen molar-refractivity contribution < 1.29 is 28.6 Å². The summed E-state index contributed by atoms with van der Waals surface area (Å²) in [6.07, 6.45) is 2.05. The molecule has 0 radical (unpaired) electrons. The zero-order valence-electron chi connectivity index (χ0n) is 18.2. The van der Waals surface area contributed by atoms with Crippen molar-refractivity contribution in [3.8, 4) is 22.6 Å². The van der Waals surface area contributed by atoms with Crippen molar-refractivity contribution in [2.45, 2.75) is 58.4 Å². The smallest absolute Gasteiger partial charge is 0.323 e. The van der Waals surface area contributed by atoms with Crippen LogP contribution in [0.3, 0.4) is 0 Å². The fourth-order valence-corrected chi connectivity index (χ4v) is 4.64. The van der Waals surface area contributed by atoms with E-state index >= 15 is 0 Å². The highest BCUT2D eigenvalue weighted by Crippen LogP contribution is 2.49. The fourth-order valence-electron chi connectivity index (χ4n) is 4.64. The molecule has 0 amide bonds. The van der Waals surface area contributed by atoms with Crippen LogP contribution in [0.2, 0.25) is 0 Å².